The van der Waals surface area contributed by atoms with Gasteiger partial charge in [0.2, 0.25) is 0 Å². The van der Waals surface area contributed by atoms with Crippen molar-refractivity contribution in [2.45, 2.75) is 48.6 Å². The van der Waals surface area contributed by atoms with Crippen LogP contribution in [0, 0.1) is 0 Å². The first-order valence-corrected chi connectivity index (χ1v) is 52.8. The summed E-state index contributed by atoms with van der Waals surface area (Å²) >= 11 is 11.1. The van der Waals surface area contributed by atoms with Crippen LogP contribution in [0.25, 0.3) is 105 Å². The molecule has 674 valence electrons. The Morgan fingerprint density at radius 1 is 0.197 bits per heavy atom. The third kappa shape index (κ3) is 15.0. The Balaban J connectivity index is 0.000000107. The van der Waals surface area contributed by atoms with Crippen LogP contribution < -0.4 is 29.4 Å². The van der Waals surface area contributed by atoms with Crippen molar-refractivity contribution in [3.63, 3.8) is 0 Å². The third-order valence-electron chi connectivity index (χ3n) is 27.9. The quantitative estimate of drug-likeness (QED) is 0.111. The van der Waals surface area contributed by atoms with Gasteiger partial charge in [-0.2, -0.15) is 0 Å². The van der Waals surface area contributed by atoms with Crippen molar-refractivity contribution in [3.05, 3.63) is 496 Å². The molecule has 25 aromatic rings. The SMILES string of the molecule is CC1(C)c2ccccc2-c2ccc(N(c3ccccc3)c3ccc4c(c3)Sc3ccccc3N4c3ccc4c(c3)sc3ccccc34)cc21.c1ccc(-c2ccc(N(c3ccccc3)c3ccc4c(c3)Sc3ccccc3N4c3ccc4c(c3)sc3ccccc34)cc2)cc1.c1ccc(N(c2ccc3c(c2)Sc2ccccc2N3c2ccc3c(c2)sc2ccccc23)c2ccc3c(c2)oc2ccccc23)cc1. The van der Waals surface area contributed by atoms with Gasteiger partial charge in [-0.15, -0.1) is 34.0 Å². The normalized spacial score (nSPS) is 12.9. The molecule has 0 spiro atoms. The van der Waals surface area contributed by atoms with E-state index in [1.54, 1.807) is 0 Å². The number of thiophene rings is 3. The molecule has 21 aromatic carbocycles. The van der Waals surface area contributed by atoms with Crippen LogP contribution in [-0.4, -0.2) is 0 Å². The zero-order chi connectivity index (χ0) is 94.0. The number of hydrogen-bond acceptors (Lipinski definition) is 13. The summed E-state index contributed by atoms with van der Waals surface area (Å²) in [5, 5.41) is 10.2. The van der Waals surface area contributed by atoms with E-state index in [0.717, 1.165) is 67.4 Å². The molecule has 13 heteroatoms. The maximum absolute atomic E-state index is 6.32. The lowest BCUT2D eigenvalue weighted by atomic mass is 9.82. The van der Waals surface area contributed by atoms with Crippen LogP contribution in [0.2, 0.25) is 0 Å². The van der Waals surface area contributed by atoms with E-state index in [1.165, 1.54) is 180 Å². The zero-order valence-corrected chi connectivity index (χ0v) is 82.1. The third-order valence-corrected chi connectivity index (χ3v) is 34.6. The minimum absolute atomic E-state index is 0.0737. The first-order chi connectivity index (χ1) is 70.1. The van der Waals surface area contributed by atoms with Crippen molar-refractivity contribution in [3.8, 4) is 22.3 Å². The van der Waals surface area contributed by atoms with Crippen LogP contribution in [0.1, 0.15) is 25.0 Å². The maximum Gasteiger partial charge on any atom is 0.137 e. The summed E-state index contributed by atoms with van der Waals surface area (Å²) in [6.07, 6.45) is 0. The van der Waals surface area contributed by atoms with Gasteiger partial charge in [0, 0.05) is 180 Å². The van der Waals surface area contributed by atoms with Gasteiger partial charge in [-0.1, -0.05) is 304 Å². The van der Waals surface area contributed by atoms with Gasteiger partial charge < -0.3 is 33.8 Å². The van der Waals surface area contributed by atoms with Crippen LogP contribution in [0.3, 0.4) is 0 Å². The van der Waals surface area contributed by atoms with Crippen LogP contribution in [0.5, 0.6) is 0 Å². The molecule has 0 fully saturated rings. The zero-order valence-electron chi connectivity index (χ0n) is 77.2. The molecule has 7 nitrogen and oxygen atoms in total. The molecule has 0 atom stereocenters. The summed E-state index contributed by atoms with van der Waals surface area (Å²) in [7, 11) is 0. The van der Waals surface area contributed by atoms with E-state index >= 15 is 0 Å². The highest BCUT2D eigenvalue weighted by atomic mass is 32.2. The van der Waals surface area contributed by atoms with E-state index in [1.807, 2.05) is 81.4 Å². The van der Waals surface area contributed by atoms with Crippen LogP contribution in [-0.2, 0) is 5.41 Å². The molecule has 1 aliphatic carbocycles. The minimum atomic E-state index is -0.0737. The number of fused-ring (bicyclic) bond motifs is 21. The highest BCUT2D eigenvalue weighted by molar-refractivity contribution is 8.00. The van der Waals surface area contributed by atoms with Crippen molar-refractivity contribution in [1.82, 2.24) is 0 Å². The van der Waals surface area contributed by atoms with Gasteiger partial charge in [-0.3, -0.25) is 0 Å². The molecular weight excluding hydrogens is 1840 g/mol. The monoisotopic (exact) mass is 1930 g/mol. The first kappa shape index (κ1) is 85.1. The summed E-state index contributed by atoms with van der Waals surface area (Å²) in [6.45, 7) is 4.71. The molecular formula is C129H86N6OS6. The molecule has 0 radical (unpaired) electrons. The van der Waals surface area contributed by atoms with Crippen LogP contribution in [0.15, 0.2) is 519 Å². The van der Waals surface area contributed by atoms with Crippen LogP contribution >= 0.6 is 69.3 Å². The largest absolute Gasteiger partial charge is 0.456 e. The molecule has 0 saturated carbocycles. The van der Waals surface area contributed by atoms with Crippen molar-refractivity contribution in [2.75, 3.05) is 29.4 Å². The first-order valence-electron chi connectivity index (χ1n) is 47.9. The van der Waals surface area contributed by atoms with E-state index in [4.69, 9.17) is 4.42 Å². The lowest BCUT2D eigenvalue weighted by molar-refractivity contribution is 0.660. The second kappa shape index (κ2) is 35.4. The van der Waals surface area contributed by atoms with E-state index in [-0.39, 0.29) is 5.41 Å². The van der Waals surface area contributed by atoms with Gasteiger partial charge in [0.25, 0.3) is 0 Å². The Morgan fingerprint density at radius 2 is 0.500 bits per heavy atom. The minimum Gasteiger partial charge on any atom is -0.456 e. The summed E-state index contributed by atoms with van der Waals surface area (Å²) in [5.41, 5.74) is 30.4. The number of nitrogens with zero attached hydrogens (tertiary/aromatic N) is 6. The van der Waals surface area contributed by atoms with Gasteiger partial charge in [0.05, 0.1) is 34.1 Å². The molecule has 0 bridgehead atoms. The Hall–Kier alpha value is -16.1. The Morgan fingerprint density at radius 3 is 0.958 bits per heavy atom. The van der Waals surface area contributed by atoms with Crippen molar-refractivity contribution in [2.24, 2.45) is 0 Å². The molecule has 0 unspecified atom stereocenters. The fourth-order valence-corrected chi connectivity index (χ4v) is 27.9. The van der Waals surface area contributed by atoms with Gasteiger partial charge in [0.15, 0.2) is 0 Å². The number of hydrogen-bond donors (Lipinski definition) is 0. The smallest absolute Gasteiger partial charge is 0.137 e. The van der Waals surface area contributed by atoms with Crippen molar-refractivity contribution >= 4 is 254 Å². The predicted octanol–water partition coefficient (Wildman–Crippen LogP) is 40.2. The molecule has 4 aliphatic rings. The van der Waals surface area contributed by atoms with Gasteiger partial charge in [0.1, 0.15) is 11.2 Å². The summed E-state index contributed by atoms with van der Waals surface area (Å²) in [4.78, 5) is 21.8. The molecule has 142 heavy (non-hydrogen) atoms. The number of rotatable bonds is 13. The molecule has 7 heterocycles. The summed E-state index contributed by atoms with van der Waals surface area (Å²) in [6, 6.07) is 176. The molecule has 0 N–H and O–H groups in total. The topological polar surface area (TPSA) is 32.6 Å². The molecule has 0 saturated heterocycles. The highest BCUT2D eigenvalue weighted by Gasteiger charge is 2.38. The van der Waals surface area contributed by atoms with Crippen molar-refractivity contribution < 1.29 is 4.42 Å². The predicted molar refractivity (Wildman–Crippen MR) is 609 cm³/mol. The molecule has 29 rings (SSSR count). The Labute approximate surface area is 848 Å². The molecule has 3 aliphatic heterocycles. The number of benzene rings is 21. The van der Waals surface area contributed by atoms with E-state index in [2.05, 4.69) is 516 Å². The summed E-state index contributed by atoms with van der Waals surface area (Å²) < 4.78 is 14.2. The lowest BCUT2D eigenvalue weighted by Crippen LogP contribution is -2.17. The van der Waals surface area contributed by atoms with Gasteiger partial charge in [-0.05, 0) is 258 Å². The Bertz CT molecular complexity index is 9260. The fourth-order valence-electron chi connectivity index (χ4n) is 21.2. The fraction of sp³-hybridized carbons (Fsp3) is 0.0233. The number of furan rings is 1. The second-order valence-electron chi connectivity index (χ2n) is 36.6. The summed E-state index contributed by atoms with van der Waals surface area (Å²) in [5.74, 6) is 0. The number of para-hydroxylation sites is 7. The lowest BCUT2D eigenvalue weighted by Gasteiger charge is -2.34. The average molecular weight is 1930 g/mol. The van der Waals surface area contributed by atoms with E-state index in [9.17, 15) is 0 Å². The molecule has 4 aromatic heterocycles. The van der Waals surface area contributed by atoms with Gasteiger partial charge >= 0.3 is 0 Å². The van der Waals surface area contributed by atoms with E-state index < -0.39 is 0 Å². The van der Waals surface area contributed by atoms with E-state index in [0.29, 0.717) is 0 Å². The highest BCUT2D eigenvalue weighted by Crippen LogP contribution is 2.60. The maximum atomic E-state index is 6.32. The second-order valence-corrected chi connectivity index (χ2v) is 43.1. The van der Waals surface area contributed by atoms with Gasteiger partial charge in [-0.25, -0.2) is 0 Å². The van der Waals surface area contributed by atoms with Crippen molar-refractivity contribution in [1.29, 1.82) is 0 Å². The average Bonchev–Trinajstić information content (AvgIpc) is 1.71. The molecule has 0 amide bonds. The standard InChI is InChI=1S/C45H32N2S2.C42H26N2OS2.C42H28N2S2/c1-45(2)37-16-8-6-14-33(37)34-23-20-30(26-38(34)45)46(29-12-4-3-5-13-29)31-22-25-40-44(28-31)49-42-19-11-9-17-39(42)47(40)32-21-24-36-35-15-7-10-18-41(35)48-43(36)27-32;1-2-10-27(11-3-1)43(28-18-21-32-31-12-4-7-15-37(31)45-38(32)24-28)29-20-23-36-42(26-29)47-40-17-9-6-14-35(40)44(36)30-19-22-34-33-13-5-8-16-39(33)46-41(34)25-30;1-3-11-29(12-4-1)30-19-21-32(22-20-30)43(31-13-5-2-6-14-31)33-24-26-38-42(28-33)46-40-18-10-8-16-37(40)44(38)34-23-25-36-35-15-7-9-17-39(35)45-41(36)27-34/h3-28H,1-2H3;1-26H;1-28H. The number of anilines is 18. The Kier molecular flexibility index (Phi) is 21.2. The van der Waals surface area contributed by atoms with Crippen LogP contribution in [0.4, 0.5) is 102 Å².